The van der Waals surface area contributed by atoms with Gasteiger partial charge in [-0.2, -0.15) is 0 Å². The molecule has 0 atom stereocenters. The number of fused-ring (bicyclic) bond motifs is 1. The van der Waals surface area contributed by atoms with E-state index < -0.39 is 11.8 Å². The Morgan fingerprint density at radius 1 is 1.21 bits per heavy atom. The number of amides is 2. The maximum absolute atomic E-state index is 12.7. The largest absolute Gasteiger partial charge is 0.365 e. The van der Waals surface area contributed by atoms with E-state index in [1.807, 2.05) is 30.3 Å². The van der Waals surface area contributed by atoms with Crippen LogP contribution in [-0.4, -0.2) is 21.4 Å². The van der Waals surface area contributed by atoms with Crippen molar-refractivity contribution in [1.82, 2.24) is 9.55 Å². The third-order valence-corrected chi connectivity index (χ3v) is 5.93. The number of rotatable bonds is 5. The van der Waals surface area contributed by atoms with Crippen LogP contribution in [0.3, 0.4) is 0 Å². The van der Waals surface area contributed by atoms with Crippen molar-refractivity contribution < 1.29 is 9.59 Å². The highest BCUT2D eigenvalue weighted by Crippen LogP contribution is 2.38. The van der Waals surface area contributed by atoms with Crippen molar-refractivity contribution in [1.29, 1.82) is 0 Å². The standard InChI is InChI=1S/C20H18N4O3S/c21-18(26)17-13-7-4-8-15(13)28-19(17)23-16(25)10-24-11-22-9-14(20(24)27)12-5-2-1-3-6-12/h1-3,5-6,9,11H,4,7-8,10H2,(H2,21,26)(H,23,25). The summed E-state index contributed by atoms with van der Waals surface area (Å²) in [7, 11) is 0. The van der Waals surface area contributed by atoms with Crippen molar-refractivity contribution in [2.45, 2.75) is 25.8 Å². The summed E-state index contributed by atoms with van der Waals surface area (Å²) in [4.78, 5) is 42.3. The lowest BCUT2D eigenvalue weighted by molar-refractivity contribution is -0.116. The van der Waals surface area contributed by atoms with Crippen LogP contribution in [-0.2, 0) is 24.2 Å². The van der Waals surface area contributed by atoms with Gasteiger partial charge in [-0.15, -0.1) is 11.3 Å². The van der Waals surface area contributed by atoms with Gasteiger partial charge in [0.25, 0.3) is 11.5 Å². The number of anilines is 1. The Kier molecular flexibility index (Phi) is 4.79. The number of benzene rings is 1. The van der Waals surface area contributed by atoms with Crippen LogP contribution in [0.4, 0.5) is 5.00 Å². The predicted octanol–water partition coefficient (Wildman–Crippen LogP) is 2.20. The second-order valence-corrected chi connectivity index (χ2v) is 7.69. The maximum atomic E-state index is 12.7. The number of carbonyl (C=O) groups excluding carboxylic acids is 2. The number of carbonyl (C=O) groups is 2. The van der Waals surface area contributed by atoms with Crippen LogP contribution in [0.25, 0.3) is 11.1 Å². The first-order valence-electron chi connectivity index (χ1n) is 8.88. The normalized spacial score (nSPS) is 12.6. The van der Waals surface area contributed by atoms with E-state index in [1.54, 1.807) is 0 Å². The van der Waals surface area contributed by atoms with Crippen molar-refractivity contribution in [2.75, 3.05) is 5.32 Å². The Hall–Kier alpha value is -3.26. The highest BCUT2D eigenvalue weighted by molar-refractivity contribution is 7.17. The molecule has 2 heterocycles. The fraction of sp³-hybridized carbons (Fsp3) is 0.200. The van der Waals surface area contributed by atoms with E-state index in [1.165, 1.54) is 28.4 Å². The molecule has 4 rings (SSSR count). The molecule has 0 spiro atoms. The van der Waals surface area contributed by atoms with Crippen molar-refractivity contribution >= 4 is 28.2 Å². The first-order valence-corrected chi connectivity index (χ1v) is 9.70. The van der Waals surface area contributed by atoms with Crippen molar-refractivity contribution in [3.05, 3.63) is 69.2 Å². The van der Waals surface area contributed by atoms with E-state index in [4.69, 9.17) is 5.73 Å². The van der Waals surface area contributed by atoms with Crippen LogP contribution in [0, 0.1) is 0 Å². The molecule has 0 fully saturated rings. The summed E-state index contributed by atoms with van der Waals surface area (Å²) in [5, 5.41) is 3.21. The Labute approximate surface area is 164 Å². The summed E-state index contributed by atoms with van der Waals surface area (Å²) in [6.45, 7) is -0.201. The number of aryl methyl sites for hydroxylation is 1. The van der Waals surface area contributed by atoms with Crippen molar-refractivity contribution in [3.8, 4) is 11.1 Å². The van der Waals surface area contributed by atoms with Crippen LogP contribution in [0.1, 0.15) is 27.2 Å². The summed E-state index contributed by atoms with van der Waals surface area (Å²) in [6, 6.07) is 9.16. The lowest BCUT2D eigenvalue weighted by atomic mass is 10.1. The van der Waals surface area contributed by atoms with E-state index in [0.29, 0.717) is 16.1 Å². The van der Waals surface area contributed by atoms with E-state index in [-0.39, 0.29) is 12.1 Å². The maximum Gasteiger partial charge on any atom is 0.261 e. The summed E-state index contributed by atoms with van der Waals surface area (Å²) >= 11 is 1.38. The molecule has 7 nitrogen and oxygen atoms in total. The third-order valence-electron chi connectivity index (χ3n) is 4.72. The molecule has 0 bridgehead atoms. The minimum absolute atomic E-state index is 0.201. The van der Waals surface area contributed by atoms with Gasteiger partial charge in [0.1, 0.15) is 11.5 Å². The van der Waals surface area contributed by atoms with Crippen LogP contribution < -0.4 is 16.6 Å². The molecule has 1 aliphatic carbocycles. The molecule has 0 unspecified atom stereocenters. The number of hydrogen-bond donors (Lipinski definition) is 2. The number of hydrogen-bond acceptors (Lipinski definition) is 5. The van der Waals surface area contributed by atoms with E-state index >= 15 is 0 Å². The summed E-state index contributed by atoms with van der Waals surface area (Å²) in [6.07, 6.45) is 5.49. The van der Waals surface area contributed by atoms with Gasteiger partial charge in [-0.1, -0.05) is 30.3 Å². The molecule has 0 saturated carbocycles. The molecular weight excluding hydrogens is 376 g/mol. The van der Waals surface area contributed by atoms with Crippen molar-refractivity contribution in [2.24, 2.45) is 5.73 Å². The first kappa shape index (κ1) is 18.1. The lowest BCUT2D eigenvalue weighted by Gasteiger charge is -2.09. The number of nitrogens with one attached hydrogen (secondary N) is 1. The van der Waals surface area contributed by atoms with Gasteiger partial charge in [-0.05, 0) is 30.4 Å². The Morgan fingerprint density at radius 2 is 2.00 bits per heavy atom. The summed E-state index contributed by atoms with van der Waals surface area (Å²) in [5.41, 5.74) is 7.71. The van der Waals surface area contributed by atoms with Gasteiger partial charge in [-0.25, -0.2) is 4.98 Å². The molecule has 8 heteroatoms. The van der Waals surface area contributed by atoms with Crippen LogP contribution in [0.15, 0.2) is 47.7 Å². The topological polar surface area (TPSA) is 107 Å². The van der Waals surface area contributed by atoms with Gasteiger partial charge in [0.05, 0.1) is 17.5 Å². The molecule has 0 radical (unpaired) electrons. The van der Waals surface area contributed by atoms with Gasteiger partial charge >= 0.3 is 0 Å². The number of nitrogens with zero attached hydrogens (tertiary/aromatic N) is 2. The highest BCUT2D eigenvalue weighted by atomic mass is 32.1. The average Bonchev–Trinajstić information content (AvgIpc) is 3.24. The first-order chi connectivity index (χ1) is 13.5. The SMILES string of the molecule is NC(=O)c1c(NC(=O)Cn2cncc(-c3ccccc3)c2=O)sc2c1CCC2. The summed E-state index contributed by atoms with van der Waals surface area (Å²) in [5.74, 6) is -0.948. The highest BCUT2D eigenvalue weighted by Gasteiger charge is 2.26. The monoisotopic (exact) mass is 394 g/mol. The zero-order chi connectivity index (χ0) is 19.7. The number of aromatic nitrogens is 2. The predicted molar refractivity (Wildman–Crippen MR) is 107 cm³/mol. The summed E-state index contributed by atoms with van der Waals surface area (Å²) < 4.78 is 1.25. The minimum atomic E-state index is -0.542. The van der Waals surface area contributed by atoms with Gasteiger partial charge in [0.15, 0.2) is 0 Å². The zero-order valence-corrected chi connectivity index (χ0v) is 15.8. The third kappa shape index (κ3) is 3.34. The van der Waals surface area contributed by atoms with Gasteiger partial charge in [0, 0.05) is 11.1 Å². The quantitative estimate of drug-likeness (QED) is 0.692. The fourth-order valence-corrected chi connectivity index (χ4v) is 4.76. The fourth-order valence-electron chi connectivity index (χ4n) is 3.45. The smallest absolute Gasteiger partial charge is 0.261 e. The second kappa shape index (κ2) is 7.40. The number of primary amides is 1. The molecule has 3 aromatic rings. The number of thiophene rings is 1. The van der Waals surface area contributed by atoms with E-state index in [9.17, 15) is 14.4 Å². The Balaban J connectivity index is 1.58. The molecule has 0 saturated heterocycles. The zero-order valence-electron chi connectivity index (χ0n) is 15.0. The van der Waals surface area contributed by atoms with Crippen LogP contribution >= 0.6 is 11.3 Å². The van der Waals surface area contributed by atoms with Gasteiger partial charge in [0.2, 0.25) is 5.91 Å². The molecule has 3 N–H and O–H groups in total. The molecule has 1 aliphatic rings. The number of nitrogens with two attached hydrogens (primary N) is 1. The molecular formula is C20H18N4O3S. The van der Waals surface area contributed by atoms with E-state index in [2.05, 4.69) is 10.3 Å². The van der Waals surface area contributed by atoms with E-state index in [0.717, 1.165) is 35.3 Å². The molecule has 28 heavy (non-hydrogen) atoms. The van der Waals surface area contributed by atoms with Gasteiger partial charge in [-0.3, -0.25) is 19.0 Å². The van der Waals surface area contributed by atoms with Crippen LogP contribution in [0.2, 0.25) is 0 Å². The van der Waals surface area contributed by atoms with Gasteiger partial charge < -0.3 is 11.1 Å². The Bertz CT molecular complexity index is 1120. The minimum Gasteiger partial charge on any atom is -0.365 e. The molecule has 2 aromatic heterocycles. The van der Waals surface area contributed by atoms with Crippen molar-refractivity contribution in [3.63, 3.8) is 0 Å². The lowest BCUT2D eigenvalue weighted by Crippen LogP contribution is -2.29. The average molecular weight is 394 g/mol. The molecule has 142 valence electrons. The molecule has 2 amide bonds. The molecule has 0 aliphatic heterocycles. The Morgan fingerprint density at radius 3 is 2.75 bits per heavy atom. The van der Waals surface area contributed by atoms with Crippen LogP contribution in [0.5, 0.6) is 0 Å². The second-order valence-electron chi connectivity index (χ2n) is 6.58. The molecule has 1 aromatic carbocycles.